The molecule has 242 valence electrons. The first-order valence-corrected chi connectivity index (χ1v) is 18.8. The number of furan rings is 1. The molecule has 0 saturated carbocycles. The van der Waals surface area contributed by atoms with Crippen LogP contribution in [0.4, 0.5) is 0 Å². The van der Waals surface area contributed by atoms with Crippen LogP contribution in [0.15, 0.2) is 161 Å². The number of hydrogen-bond acceptors (Lipinski definition) is 6. The molecule has 0 amide bonds. The lowest BCUT2D eigenvalue weighted by atomic mass is 9.97. The van der Waals surface area contributed by atoms with Gasteiger partial charge in [-0.05, 0) is 59.2 Å². The molecule has 0 bridgehead atoms. The molecule has 2 atom stereocenters. The van der Waals surface area contributed by atoms with E-state index >= 15 is 0 Å². The van der Waals surface area contributed by atoms with Crippen molar-refractivity contribution < 1.29 is 4.42 Å². The van der Waals surface area contributed by atoms with Gasteiger partial charge in [0, 0.05) is 62.2 Å². The molecule has 4 nitrogen and oxygen atoms in total. The summed E-state index contributed by atoms with van der Waals surface area (Å²) in [4.78, 5) is 5.31. The number of aliphatic imine (C=N–C) groups is 1. The van der Waals surface area contributed by atoms with Gasteiger partial charge in [-0.1, -0.05) is 109 Å². The van der Waals surface area contributed by atoms with Crippen molar-refractivity contribution in [2.75, 3.05) is 0 Å². The zero-order valence-electron chi connectivity index (χ0n) is 27.3. The number of nitrogens with zero attached hydrogens (tertiary/aromatic N) is 1. The number of amidine groups is 1. The lowest BCUT2D eigenvalue weighted by Gasteiger charge is -2.32. The van der Waals surface area contributed by atoms with Crippen molar-refractivity contribution in [2.24, 2.45) is 4.99 Å². The van der Waals surface area contributed by atoms with E-state index < -0.39 is 0 Å². The van der Waals surface area contributed by atoms with Crippen molar-refractivity contribution in [3.05, 3.63) is 168 Å². The summed E-state index contributed by atoms with van der Waals surface area (Å²) in [6.45, 7) is 0. The number of hydrogen-bond donors (Lipinski definition) is 2. The van der Waals surface area contributed by atoms with Crippen LogP contribution in [0.3, 0.4) is 0 Å². The molecule has 1 aliphatic heterocycles. The maximum atomic E-state index is 6.52. The molecule has 6 heteroatoms. The molecular weight excluding hydrogens is 663 g/mol. The summed E-state index contributed by atoms with van der Waals surface area (Å²) in [5.41, 5.74) is 7.51. The first-order valence-electron chi connectivity index (χ1n) is 17.2. The predicted molar refractivity (Wildman–Crippen MR) is 216 cm³/mol. The van der Waals surface area contributed by atoms with Crippen molar-refractivity contribution in [2.45, 2.75) is 12.3 Å². The Balaban J connectivity index is 1.09. The summed E-state index contributed by atoms with van der Waals surface area (Å²) < 4.78 is 11.7. The zero-order chi connectivity index (χ0) is 33.5. The van der Waals surface area contributed by atoms with E-state index in [1.807, 2.05) is 22.7 Å². The molecule has 1 aliphatic rings. The normalized spacial score (nSPS) is 16.4. The van der Waals surface area contributed by atoms with Crippen LogP contribution >= 0.6 is 22.7 Å². The topological polar surface area (TPSA) is 49.6 Å². The van der Waals surface area contributed by atoms with Crippen LogP contribution in [0.1, 0.15) is 29.0 Å². The smallest absolute Gasteiger partial charge is 0.136 e. The zero-order valence-corrected chi connectivity index (χ0v) is 28.9. The van der Waals surface area contributed by atoms with Gasteiger partial charge >= 0.3 is 0 Å². The Kier molecular flexibility index (Phi) is 6.46. The van der Waals surface area contributed by atoms with Crippen molar-refractivity contribution in [1.29, 1.82) is 0 Å². The van der Waals surface area contributed by atoms with Crippen LogP contribution in [0, 0.1) is 0 Å². The predicted octanol–water partition coefficient (Wildman–Crippen LogP) is 12.3. The first-order chi connectivity index (χ1) is 25.3. The van der Waals surface area contributed by atoms with E-state index in [1.165, 1.54) is 57.0 Å². The Morgan fingerprint density at radius 3 is 2.16 bits per heavy atom. The van der Waals surface area contributed by atoms with E-state index in [9.17, 15) is 0 Å². The van der Waals surface area contributed by atoms with Crippen LogP contribution in [-0.4, -0.2) is 5.84 Å². The Morgan fingerprint density at radius 1 is 0.529 bits per heavy atom. The lowest BCUT2D eigenvalue weighted by Crippen LogP contribution is -2.45. The van der Waals surface area contributed by atoms with E-state index in [4.69, 9.17) is 9.41 Å². The van der Waals surface area contributed by atoms with Gasteiger partial charge < -0.3 is 9.73 Å². The summed E-state index contributed by atoms with van der Waals surface area (Å²) in [5, 5.41) is 15.0. The van der Waals surface area contributed by atoms with Gasteiger partial charge in [-0.25, -0.2) is 4.99 Å². The largest absolute Gasteiger partial charge is 0.456 e. The molecule has 4 heterocycles. The minimum atomic E-state index is -0.231. The van der Waals surface area contributed by atoms with Crippen molar-refractivity contribution in [1.82, 2.24) is 10.6 Å². The fourth-order valence-electron chi connectivity index (χ4n) is 7.87. The van der Waals surface area contributed by atoms with Crippen LogP contribution < -0.4 is 10.6 Å². The molecular formula is C45H29N3OS2. The van der Waals surface area contributed by atoms with Gasteiger partial charge in [-0.2, -0.15) is 0 Å². The summed E-state index contributed by atoms with van der Waals surface area (Å²) >= 11 is 3.70. The maximum absolute atomic E-state index is 6.52. The maximum Gasteiger partial charge on any atom is 0.136 e. The molecule has 2 N–H and O–H groups in total. The van der Waals surface area contributed by atoms with Crippen molar-refractivity contribution in [3.8, 4) is 11.1 Å². The fraction of sp³-hybridized carbons (Fsp3) is 0.0444. The molecule has 7 aromatic carbocycles. The summed E-state index contributed by atoms with van der Waals surface area (Å²) in [6, 6.07) is 54.1. The minimum Gasteiger partial charge on any atom is -0.456 e. The Bertz CT molecular complexity index is 3010. The van der Waals surface area contributed by atoms with Gasteiger partial charge in [0.25, 0.3) is 0 Å². The molecule has 51 heavy (non-hydrogen) atoms. The standard InChI is InChI=1S/C45H29N3OS2/c1-2-11-26(12-3-1)43-46-44(48-45(47-43)33-18-10-22-39-41(33)32-14-5-7-21-38(32)50-39)27-23-24-35-34(25-27)40-29(15-9-19-36(40)49-35)31-17-8-16-30-28-13-4-6-20-37(28)51-42(30)31/h1-25,43,45,47H,(H,46,48). The van der Waals surface area contributed by atoms with Gasteiger partial charge in [-0.15, -0.1) is 22.7 Å². The molecule has 0 saturated heterocycles. The second-order valence-corrected chi connectivity index (χ2v) is 15.3. The molecule has 2 unspecified atom stereocenters. The molecule has 0 fully saturated rings. The minimum absolute atomic E-state index is 0.165. The molecule has 11 rings (SSSR count). The summed E-state index contributed by atoms with van der Waals surface area (Å²) in [6.07, 6.45) is -0.396. The summed E-state index contributed by atoms with van der Waals surface area (Å²) in [5.74, 6) is 0.851. The van der Waals surface area contributed by atoms with Gasteiger partial charge in [0.05, 0.1) is 0 Å². The highest BCUT2D eigenvalue weighted by atomic mass is 32.1. The average Bonchev–Trinajstić information content (AvgIpc) is 3.89. The van der Waals surface area contributed by atoms with E-state index in [0.29, 0.717) is 0 Å². The Labute approximate surface area is 301 Å². The van der Waals surface area contributed by atoms with Crippen LogP contribution in [0.2, 0.25) is 0 Å². The van der Waals surface area contributed by atoms with E-state index in [2.05, 4.69) is 162 Å². The number of nitrogens with one attached hydrogen (secondary N) is 2. The molecule has 0 radical (unpaired) electrons. The van der Waals surface area contributed by atoms with E-state index in [1.54, 1.807) is 0 Å². The van der Waals surface area contributed by atoms with Crippen molar-refractivity contribution in [3.63, 3.8) is 0 Å². The highest BCUT2D eigenvalue weighted by molar-refractivity contribution is 7.26. The van der Waals surface area contributed by atoms with Gasteiger partial charge in [0.1, 0.15) is 29.3 Å². The Hall–Kier alpha value is -5.79. The third kappa shape index (κ3) is 4.58. The van der Waals surface area contributed by atoms with Crippen LogP contribution in [0.25, 0.3) is 73.4 Å². The third-order valence-corrected chi connectivity index (χ3v) is 12.5. The molecule has 0 spiro atoms. The molecule has 0 aliphatic carbocycles. The van der Waals surface area contributed by atoms with Gasteiger partial charge in [0.2, 0.25) is 0 Å². The number of rotatable bonds is 4. The molecule has 10 aromatic rings. The number of fused-ring (bicyclic) bond motifs is 9. The monoisotopic (exact) mass is 691 g/mol. The second kappa shape index (κ2) is 11.4. The Morgan fingerprint density at radius 2 is 1.25 bits per heavy atom. The highest BCUT2D eigenvalue weighted by Crippen LogP contribution is 2.44. The molecule has 3 aromatic heterocycles. The third-order valence-electron chi connectivity index (χ3n) is 10.2. The van der Waals surface area contributed by atoms with Crippen molar-refractivity contribution >= 4 is 90.8 Å². The summed E-state index contributed by atoms with van der Waals surface area (Å²) in [7, 11) is 0. The number of thiophene rings is 2. The number of benzene rings is 7. The SMILES string of the molecule is c1ccc(C2N=C(c3ccc4oc5cccc(-c6cccc7c6sc6ccccc67)c5c4c3)NC(c3cccc4sc5ccccc5c34)N2)cc1. The first kappa shape index (κ1) is 29.0. The highest BCUT2D eigenvalue weighted by Gasteiger charge is 2.28. The van der Waals surface area contributed by atoms with Crippen LogP contribution in [0.5, 0.6) is 0 Å². The second-order valence-electron chi connectivity index (χ2n) is 13.1. The van der Waals surface area contributed by atoms with E-state index in [0.717, 1.165) is 38.9 Å². The lowest BCUT2D eigenvalue weighted by molar-refractivity contribution is 0.411. The average molecular weight is 692 g/mol. The van der Waals surface area contributed by atoms with Gasteiger partial charge in [-0.3, -0.25) is 5.32 Å². The fourth-order valence-corrected chi connectivity index (χ4v) is 10.2. The van der Waals surface area contributed by atoms with Crippen LogP contribution in [-0.2, 0) is 0 Å². The van der Waals surface area contributed by atoms with E-state index in [-0.39, 0.29) is 12.3 Å². The quantitative estimate of drug-likeness (QED) is 0.193. The van der Waals surface area contributed by atoms with Gasteiger partial charge in [0.15, 0.2) is 0 Å².